The number of rotatable bonds is 3. The number of fused-ring (bicyclic) bond motifs is 1. The minimum atomic E-state index is -1.52. The molecule has 3 rings (SSSR count). The summed E-state index contributed by atoms with van der Waals surface area (Å²) < 4.78 is 23.7. The third kappa shape index (κ3) is 2.31. The van der Waals surface area contributed by atoms with E-state index in [0.29, 0.717) is 23.6 Å². The van der Waals surface area contributed by atoms with Crippen LogP contribution in [0.5, 0.6) is 5.75 Å². The van der Waals surface area contributed by atoms with Crippen LogP contribution in [0, 0.1) is 0 Å². The molecular formula is C12H16N4O2S. The van der Waals surface area contributed by atoms with Crippen molar-refractivity contribution < 1.29 is 8.95 Å². The van der Waals surface area contributed by atoms with Gasteiger partial charge in [0.05, 0.1) is 16.8 Å². The number of nitrogens with zero attached hydrogens (tertiary/aromatic N) is 1. The molecule has 102 valence electrons. The van der Waals surface area contributed by atoms with E-state index in [1.54, 1.807) is 6.07 Å². The smallest absolute Gasteiger partial charge is 0.245 e. The Morgan fingerprint density at radius 3 is 2.95 bits per heavy atom. The molecule has 5 N–H and O–H groups in total. The first-order valence-electron chi connectivity index (χ1n) is 6.15. The molecule has 1 unspecified atom stereocenters. The van der Waals surface area contributed by atoms with Gasteiger partial charge < -0.3 is 16.2 Å². The zero-order chi connectivity index (χ0) is 13.5. The molecule has 1 heterocycles. The Labute approximate surface area is 113 Å². The number of ether oxygens (including phenoxy) is 1. The van der Waals surface area contributed by atoms with Crippen molar-refractivity contribution >= 4 is 22.7 Å². The number of amidine groups is 1. The summed E-state index contributed by atoms with van der Waals surface area (Å²) in [5, 5.41) is 0. The Morgan fingerprint density at radius 2 is 2.26 bits per heavy atom. The Kier molecular flexibility index (Phi) is 2.94. The number of nitrogens with two attached hydrogens (primary N) is 2. The van der Waals surface area contributed by atoms with E-state index in [0.717, 1.165) is 19.3 Å². The summed E-state index contributed by atoms with van der Waals surface area (Å²) in [4.78, 5) is 0. The van der Waals surface area contributed by atoms with Gasteiger partial charge in [-0.1, -0.05) is 6.07 Å². The van der Waals surface area contributed by atoms with Gasteiger partial charge in [-0.15, -0.1) is 0 Å². The molecule has 1 aromatic carbocycles. The van der Waals surface area contributed by atoms with Gasteiger partial charge in [-0.05, 0) is 31.4 Å². The fraction of sp³-hybridized carbons (Fsp3) is 0.417. The lowest BCUT2D eigenvalue weighted by atomic mass is 9.78. The molecule has 1 aliphatic heterocycles. The highest BCUT2D eigenvalue weighted by atomic mass is 32.2. The Hall–Kier alpha value is -1.60. The van der Waals surface area contributed by atoms with E-state index < -0.39 is 11.2 Å². The predicted molar refractivity (Wildman–Crippen MR) is 75.2 cm³/mol. The molecule has 1 aliphatic carbocycles. The monoisotopic (exact) mass is 280 g/mol. The first-order chi connectivity index (χ1) is 9.07. The van der Waals surface area contributed by atoms with E-state index in [1.165, 1.54) is 0 Å². The summed E-state index contributed by atoms with van der Waals surface area (Å²) in [7, 11) is 0. The fourth-order valence-electron chi connectivity index (χ4n) is 2.25. The van der Waals surface area contributed by atoms with Crippen LogP contribution in [0.1, 0.15) is 24.8 Å². The van der Waals surface area contributed by atoms with Crippen molar-refractivity contribution in [3.05, 3.63) is 23.8 Å². The molecule has 0 saturated heterocycles. The molecule has 1 aromatic rings. The highest BCUT2D eigenvalue weighted by molar-refractivity contribution is 7.85. The van der Waals surface area contributed by atoms with Gasteiger partial charge in [-0.2, -0.15) is 4.40 Å². The van der Waals surface area contributed by atoms with Crippen LogP contribution in [-0.2, 0) is 11.2 Å². The lowest BCUT2D eigenvalue weighted by Crippen LogP contribution is -2.51. The molecule has 0 spiro atoms. The Bertz CT molecular complexity index is 569. The molecule has 0 radical (unpaired) electrons. The molecule has 7 heteroatoms. The van der Waals surface area contributed by atoms with E-state index in [2.05, 4.69) is 9.12 Å². The quantitative estimate of drug-likeness (QED) is 0.756. The van der Waals surface area contributed by atoms with Gasteiger partial charge in [0.2, 0.25) is 11.2 Å². The van der Waals surface area contributed by atoms with Crippen LogP contribution in [0.3, 0.4) is 0 Å². The maximum absolute atomic E-state index is 11.4. The average molecular weight is 280 g/mol. The van der Waals surface area contributed by atoms with Crippen LogP contribution in [0.25, 0.3) is 0 Å². The molecule has 1 fully saturated rings. The van der Waals surface area contributed by atoms with Crippen molar-refractivity contribution in [3.63, 3.8) is 0 Å². The second-order valence-electron chi connectivity index (χ2n) is 5.01. The lowest BCUT2D eigenvalue weighted by molar-refractivity contribution is 0.142. The summed E-state index contributed by atoms with van der Waals surface area (Å²) in [5.74, 6) is 0.849. The molecule has 1 atom stereocenters. The standard InChI is InChI=1S/C12H16N4O2S/c13-11-10-8(15-19(17)16-11)3-1-4-9(10)18-7-12(14)5-2-6-12/h1,3-4,15H,2,5-7,14H2,(H2,13,16). The van der Waals surface area contributed by atoms with Crippen LogP contribution < -0.4 is 20.9 Å². The molecule has 1 saturated carbocycles. The van der Waals surface area contributed by atoms with Crippen LogP contribution in [0.15, 0.2) is 22.6 Å². The van der Waals surface area contributed by atoms with Gasteiger partial charge in [-0.25, -0.2) is 4.21 Å². The molecule has 2 aliphatic rings. The normalized spacial score (nSPS) is 23.6. The first kappa shape index (κ1) is 12.4. The molecule has 0 amide bonds. The first-order valence-corrected chi connectivity index (χ1v) is 7.26. The van der Waals surface area contributed by atoms with Gasteiger partial charge in [0.1, 0.15) is 18.2 Å². The predicted octanol–water partition coefficient (Wildman–Crippen LogP) is 0.656. The molecule has 0 aromatic heterocycles. The Morgan fingerprint density at radius 1 is 1.47 bits per heavy atom. The number of hydrogen-bond donors (Lipinski definition) is 3. The van der Waals surface area contributed by atoms with Crippen molar-refractivity contribution in [1.29, 1.82) is 0 Å². The van der Waals surface area contributed by atoms with Gasteiger partial charge in [0.15, 0.2) is 0 Å². The van der Waals surface area contributed by atoms with E-state index in [1.807, 2.05) is 12.1 Å². The summed E-state index contributed by atoms with van der Waals surface area (Å²) in [5.41, 5.74) is 13.1. The van der Waals surface area contributed by atoms with Crippen LogP contribution in [0.4, 0.5) is 5.69 Å². The van der Waals surface area contributed by atoms with Gasteiger partial charge in [0.25, 0.3) is 0 Å². The van der Waals surface area contributed by atoms with Crippen molar-refractivity contribution in [2.24, 2.45) is 15.9 Å². The zero-order valence-corrected chi connectivity index (χ0v) is 11.2. The zero-order valence-electron chi connectivity index (χ0n) is 10.4. The molecular weight excluding hydrogens is 264 g/mol. The SMILES string of the molecule is NC1=NS(=O)Nc2cccc(OCC3(N)CCC3)c21. The van der Waals surface area contributed by atoms with E-state index in [4.69, 9.17) is 16.2 Å². The van der Waals surface area contributed by atoms with Crippen molar-refractivity contribution in [2.75, 3.05) is 11.3 Å². The fourth-order valence-corrected chi connectivity index (χ4v) is 2.92. The summed E-state index contributed by atoms with van der Waals surface area (Å²) in [6, 6.07) is 5.43. The highest BCUT2D eigenvalue weighted by Gasteiger charge is 2.33. The maximum Gasteiger partial charge on any atom is 0.245 e. The molecule has 19 heavy (non-hydrogen) atoms. The number of benzene rings is 1. The molecule has 0 bridgehead atoms. The summed E-state index contributed by atoms with van der Waals surface area (Å²) in [6.07, 6.45) is 3.11. The topological polar surface area (TPSA) is 103 Å². The second-order valence-corrected chi connectivity index (χ2v) is 5.90. The lowest BCUT2D eigenvalue weighted by Gasteiger charge is -2.37. The highest BCUT2D eigenvalue weighted by Crippen LogP contribution is 2.33. The van der Waals surface area contributed by atoms with Gasteiger partial charge in [-0.3, -0.25) is 4.72 Å². The largest absolute Gasteiger partial charge is 0.491 e. The third-order valence-corrected chi connectivity index (χ3v) is 4.28. The summed E-state index contributed by atoms with van der Waals surface area (Å²) >= 11 is -1.52. The van der Waals surface area contributed by atoms with Gasteiger partial charge in [0, 0.05) is 0 Å². The molecule has 6 nitrogen and oxygen atoms in total. The summed E-state index contributed by atoms with van der Waals surface area (Å²) in [6.45, 7) is 0.458. The van der Waals surface area contributed by atoms with Crippen LogP contribution in [0.2, 0.25) is 0 Å². The second kappa shape index (κ2) is 4.50. The van der Waals surface area contributed by atoms with Crippen LogP contribution in [-0.4, -0.2) is 22.2 Å². The minimum Gasteiger partial charge on any atom is -0.491 e. The van der Waals surface area contributed by atoms with E-state index in [9.17, 15) is 4.21 Å². The average Bonchev–Trinajstić information content (AvgIpc) is 2.33. The number of anilines is 1. The minimum absolute atomic E-state index is 0.223. The van der Waals surface area contributed by atoms with E-state index in [-0.39, 0.29) is 11.4 Å². The number of nitrogens with one attached hydrogen (secondary N) is 1. The van der Waals surface area contributed by atoms with Crippen molar-refractivity contribution in [3.8, 4) is 5.75 Å². The van der Waals surface area contributed by atoms with Crippen LogP contribution >= 0.6 is 0 Å². The van der Waals surface area contributed by atoms with Crippen molar-refractivity contribution in [2.45, 2.75) is 24.8 Å². The van der Waals surface area contributed by atoms with Crippen molar-refractivity contribution in [1.82, 2.24) is 0 Å². The Balaban J connectivity index is 1.86. The number of hydrogen-bond acceptors (Lipinski definition) is 4. The van der Waals surface area contributed by atoms with E-state index >= 15 is 0 Å². The third-order valence-electron chi connectivity index (χ3n) is 3.53. The maximum atomic E-state index is 11.4. The van der Waals surface area contributed by atoms with Gasteiger partial charge >= 0.3 is 0 Å².